The van der Waals surface area contributed by atoms with Gasteiger partial charge in [-0.3, -0.25) is 4.79 Å². The van der Waals surface area contributed by atoms with Crippen LogP contribution in [0.2, 0.25) is 0 Å². The number of hydrogen-bond acceptors (Lipinski definition) is 2. The summed E-state index contributed by atoms with van der Waals surface area (Å²) >= 11 is 0. The lowest BCUT2D eigenvalue weighted by Gasteiger charge is -2.33. The second-order valence-corrected chi connectivity index (χ2v) is 4.05. The van der Waals surface area contributed by atoms with E-state index in [0.717, 1.165) is 25.9 Å². The van der Waals surface area contributed by atoms with Gasteiger partial charge in [0.1, 0.15) is 0 Å². The molecule has 0 aromatic heterocycles. The van der Waals surface area contributed by atoms with Crippen molar-refractivity contribution in [2.75, 3.05) is 13.1 Å². The predicted molar refractivity (Wildman–Crippen MR) is 54.3 cm³/mol. The lowest BCUT2D eigenvalue weighted by molar-refractivity contribution is -0.150. The van der Waals surface area contributed by atoms with Gasteiger partial charge in [0.05, 0.1) is 5.41 Å². The summed E-state index contributed by atoms with van der Waals surface area (Å²) in [5.74, 6) is -0.342. The van der Waals surface area contributed by atoms with Crippen LogP contribution in [0.1, 0.15) is 26.7 Å². The maximum absolute atomic E-state index is 10.9. The molecule has 1 heterocycles. The minimum absolute atomic E-state index is 0. The summed E-state index contributed by atoms with van der Waals surface area (Å²) in [5, 5.41) is 12.2. The Kier molecular flexibility index (Phi) is 4.71. The Morgan fingerprint density at radius 2 is 1.85 bits per heavy atom. The van der Waals surface area contributed by atoms with Gasteiger partial charge in [-0.2, -0.15) is 0 Å². The number of carbonyl (C=O) groups is 1. The average molecular weight is 208 g/mol. The standard InChI is InChI=1S/C9H17NO2.ClH/c1-9(2,8(11)12)7-3-5-10-6-4-7;/h7,10H,3-6H2,1-2H3,(H,11,12);1H. The van der Waals surface area contributed by atoms with Crippen molar-refractivity contribution in [1.29, 1.82) is 0 Å². The lowest BCUT2D eigenvalue weighted by Crippen LogP contribution is -2.40. The van der Waals surface area contributed by atoms with Crippen molar-refractivity contribution in [2.45, 2.75) is 26.7 Å². The van der Waals surface area contributed by atoms with E-state index in [4.69, 9.17) is 5.11 Å². The molecule has 0 amide bonds. The molecule has 0 bridgehead atoms. The van der Waals surface area contributed by atoms with E-state index in [9.17, 15) is 4.79 Å². The van der Waals surface area contributed by atoms with Crippen molar-refractivity contribution >= 4 is 18.4 Å². The second-order valence-electron chi connectivity index (χ2n) is 4.05. The fraction of sp³-hybridized carbons (Fsp3) is 0.889. The molecular formula is C9H18ClNO2. The first-order chi connectivity index (χ1) is 5.55. The van der Waals surface area contributed by atoms with E-state index in [0.29, 0.717) is 5.92 Å². The van der Waals surface area contributed by atoms with Crippen molar-refractivity contribution in [3.8, 4) is 0 Å². The normalized spacial score (nSPS) is 19.2. The van der Waals surface area contributed by atoms with E-state index in [1.807, 2.05) is 13.8 Å². The molecular weight excluding hydrogens is 190 g/mol. The van der Waals surface area contributed by atoms with Crippen LogP contribution >= 0.6 is 12.4 Å². The quantitative estimate of drug-likeness (QED) is 0.722. The first-order valence-electron chi connectivity index (χ1n) is 4.49. The van der Waals surface area contributed by atoms with Crippen LogP contribution in [-0.2, 0) is 4.79 Å². The number of halogens is 1. The molecule has 1 rings (SSSR count). The summed E-state index contributed by atoms with van der Waals surface area (Å²) in [5.41, 5.74) is -0.553. The minimum atomic E-state index is -0.672. The highest BCUT2D eigenvalue weighted by Gasteiger charge is 2.36. The summed E-state index contributed by atoms with van der Waals surface area (Å²) in [6.07, 6.45) is 1.97. The molecule has 1 aliphatic heterocycles. The van der Waals surface area contributed by atoms with E-state index in [-0.39, 0.29) is 12.4 Å². The van der Waals surface area contributed by atoms with Gasteiger partial charge in [-0.1, -0.05) is 0 Å². The van der Waals surface area contributed by atoms with E-state index in [1.165, 1.54) is 0 Å². The highest BCUT2D eigenvalue weighted by Crippen LogP contribution is 2.33. The molecule has 0 aromatic rings. The van der Waals surface area contributed by atoms with Crippen LogP contribution in [-0.4, -0.2) is 24.2 Å². The molecule has 0 saturated carbocycles. The largest absolute Gasteiger partial charge is 0.481 e. The molecule has 0 unspecified atom stereocenters. The van der Waals surface area contributed by atoms with Crippen LogP contribution in [0, 0.1) is 11.3 Å². The molecule has 1 saturated heterocycles. The molecule has 0 aliphatic carbocycles. The molecule has 0 aromatic carbocycles. The summed E-state index contributed by atoms with van der Waals surface area (Å²) < 4.78 is 0. The van der Waals surface area contributed by atoms with E-state index in [1.54, 1.807) is 0 Å². The maximum Gasteiger partial charge on any atom is 0.309 e. The third-order valence-electron chi connectivity index (χ3n) is 2.91. The highest BCUT2D eigenvalue weighted by molar-refractivity contribution is 5.85. The van der Waals surface area contributed by atoms with Crippen molar-refractivity contribution in [3.63, 3.8) is 0 Å². The number of carboxylic acids is 1. The number of hydrogen-bond donors (Lipinski definition) is 2. The van der Waals surface area contributed by atoms with Gasteiger partial charge in [0.25, 0.3) is 0 Å². The molecule has 78 valence electrons. The molecule has 13 heavy (non-hydrogen) atoms. The Bertz CT molecular complexity index is 176. The smallest absolute Gasteiger partial charge is 0.309 e. The summed E-state index contributed by atoms with van der Waals surface area (Å²) in [6.45, 7) is 5.57. The first-order valence-corrected chi connectivity index (χ1v) is 4.49. The van der Waals surface area contributed by atoms with Gasteiger partial charge in [-0.15, -0.1) is 12.4 Å². The second kappa shape index (κ2) is 4.82. The molecule has 3 nitrogen and oxygen atoms in total. The average Bonchev–Trinajstić information content (AvgIpc) is 2.06. The van der Waals surface area contributed by atoms with Gasteiger partial charge in [0.15, 0.2) is 0 Å². The van der Waals surface area contributed by atoms with E-state index >= 15 is 0 Å². The third kappa shape index (κ3) is 2.85. The molecule has 1 fully saturated rings. The van der Waals surface area contributed by atoms with E-state index in [2.05, 4.69) is 5.32 Å². The van der Waals surface area contributed by atoms with Crippen molar-refractivity contribution in [1.82, 2.24) is 5.32 Å². The van der Waals surface area contributed by atoms with Crippen LogP contribution in [0.15, 0.2) is 0 Å². The monoisotopic (exact) mass is 207 g/mol. The number of rotatable bonds is 2. The van der Waals surface area contributed by atoms with Crippen molar-refractivity contribution in [3.05, 3.63) is 0 Å². The predicted octanol–water partition coefficient (Wildman–Crippen LogP) is 1.52. The maximum atomic E-state index is 10.9. The summed E-state index contributed by atoms with van der Waals surface area (Å²) in [6, 6.07) is 0. The fourth-order valence-electron chi connectivity index (χ4n) is 1.72. The zero-order valence-electron chi connectivity index (χ0n) is 8.17. The van der Waals surface area contributed by atoms with Crippen LogP contribution < -0.4 is 5.32 Å². The molecule has 2 N–H and O–H groups in total. The van der Waals surface area contributed by atoms with Gasteiger partial charge in [0, 0.05) is 0 Å². The first kappa shape index (κ1) is 12.7. The third-order valence-corrected chi connectivity index (χ3v) is 2.91. The molecule has 0 spiro atoms. The summed E-state index contributed by atoms with van der Waals surface area (Å²) in [7, 11) is 0. The van der Waals surface area contributed by atoms with Crippen LogP contribution in [0.4, 0.5) is 0 Å². The number of aliphatic carboxylic acids is 1. The summed E-state index contributed by atoms with van der Waals surface area (Å²) in [4.78, 5) is 10.9. The Morgan fingerprint density at radius 3 is 2.23 bits per heavy atom. The topological polar surface area (TPSA) is 49.3 Å². The number of piperidine rings is 1. The Balaban J connectivity index is 0.00000144. The van der Waals surface area contributed by atoms with Crippen LogP contribution in [0.25, 0.3) is 0 Å². The zero-order chi connectivity index (χ0) is 9.19. The van der Waals surface area contributed by atoms with Gasteiger partial charge < -0.3 is 10.4 Å². The Labute approximate surface area is 85.3 Å². The van der Waals surface area contributed by atoms with Gasteiger partial charge in [-0.25, -0.2) is 0 Å². The van der Waals surface area contributed by atoms with Gasteiger partial charge in [-0.05, 0) is 45.7 Å². The zero-order valence-corrected chi connectivity index (χ0v) is 8.99. The van der Waals surface area contributed by atoms with Crippen molar-refractivity contribution < 1.29 is 9.90 Å². The molecule has 1 aliphatic rings. The molecule has 0 atom stereocenters. The van der Waals surface area contributed by atoms with Gasteiger partial charge >= 0.3 is 5.97 Å². The van der Waals surface area contributed by atoms with Crippen molar-refractivity contribution in [2.24, 2.45) is 11.3 Å². The van der Waals surface area contributed by atoms with Crippen LogP contribution in [0.5, 0.6) is 0 Å². The SMILES string of the molecule is CC(C)(C(=O)O)C1CCNCC1.Cl. The van der Waals surface area contributed by atoms with Crippen LogP contribution in [0.3, 0.4) is 0 Å². The fourth-order valence-corrected chi connectivity index (χ4v) is 1.72. The Morgan fingerprint density at radius 1 is 1.38 bits per heavy atom. The molecule has 4 heteroatoms. The minimum Gasteiger partial charge on any atom is -0.481 e. The Hall–Kier alpha value is -0.280. The lowest BCUT2D eigenvalue weighted by atomic mass is 9.74. The van der Waals surface area contributed by atoms with E-state index < -0.39 is 11.4 Å². The van der Waals surface area contributed by atoms with Gasteiger partial charge in [0.2, 0.25) is 0 Å². The number of carboxylic acid groups (broad SMARTS) is 1. The number of nitrogens with one attached hydrogen (secondary N) is 1. The highest BCUT2D eigenvalue weighted by atomic mass is 35.5. The molecule has 0 radical (unpaired) electrons.